The predicted octanol–water partition coefficient (Wildman–Crippen LogP) is 2.27. The molecule has 1 N–H and O–H groups in total. The molecular weight excluding hydrogens is 202 g/mol. The second-order valence-corrected chi connectivity index (χ2v) is 3.82. The lowest BCUT2D eigenvalue weighted by Crippen LogP contribution is -2.06. The molecule has 1 atom stereocenters. The topological polar surface area (TPSA) is 53.2 Å². The van der Waals surface area contributed by atoms with Gasteiger partial charge in [0.2, 0.25) is 0 Å². The summed E-state index contributed by atoms with van der Waals surface area (Å²) in [4.78, 5) is 0. The second kappa shape index (κ2) is 6.26. The van der Waals surface area contributed by atoms with E-state index in [9.17, 15) is 0 Å². The minimum absolute atomic E-state index is 0.0882. The molecule has 0 heterocycles. The highest BCUT2D eigenvalue weighted by atomic mass is 16.5. The average molecular weight is 219 g/mol. The van der Waals surface area contributed by atoms with Crippen LogP contribution in [0.5, 0.6) is 0 Å². The fourth-order valence-electron chi connectivity index (χ4n) is 1.50. The zero-order valence-electron chi connectivity index (χ0n) is 9.73. The first-order valence-electron chi connectivity index (χ1n) is 5.38. The summed E-state index contributed by atoms with van der Waals surface area (Å²) in [5.74, 6) is 0. The minimum atomic E-state index is -0.536. The van der Waals surface area contributed by atoms with Crippen LogP contribution in [0.15, 0.2) is 18.2 Å². The number of hydrogen-bond acceptors (Lipinski definition) is 3. The molecule has 0 saturated carbocycles. The van der Waals surface area contributed by atoms with Crippen LogP contribution in [0.4, 0.5) is 0 Å². The van der Waals surface area contributed by atoms with Crippen molar-refractivity contribution in [2.75, 3.05) is 13.2 Å². The SMILES string of the molecule is Cc1ccc(C)c(C(C#N)OCCCO)c1. The summed E-state index contributed by atoms with van der Waals surface area (Å²) in [6, 6.07) is 8.12. The molecule has 0 fully saturated rings. The summed E-state index contributed by atoms with van der Waals surface area (Å²) in [5.41, 5.74) is 3.09. The number of aliphatic hydroxyl groups excluding tert-OH is 1. The number of hydrogen-bond donors (Lipinski definition) is 1. The normalized spacial score (nSPS) is 12.1. The number of rotatable bonds is 5. The van der Waals surface area contributed by atoms with Gasteiger partial charge in [-0.1, -0.05) is 23.8 Å². The summed E-state index contributed by atoms with van der Waals surface area (Å²) < 4.78 is 5.43. The third-order valence-corrected chi connectivity index (χ3v) is 2.42. The third-order valence-electron chi connectivity index (χ3n) is 2.42. The Bertz CT molecular complexity index is 382. The quantitative estimate of drug-likeness (QED) is 0.773. The highest BCUT2D eigenvalue weighted by molar-refractivity contribution is 5.34. The average Bonchev–Trinajstić information content (AvgIpc) is 2.28. The number of ether oxygens (including phenoxy) is 1. The lowest BCUT2D eigenvalue weighted by molar-refractivity contribution is 0.0770. The molecule has 3 nitrogen and oxygen atoms in total. The van der Waals surface area contributed by atoms with E-state index in [4.69, 9.17) is 15.1 Å². The van der Waals surface area contributed by atoms with E-state index in [1.807, 2.05) is 32.0 Å². The number of nitriles is 1. The van der Waals surface area contributed by atoms with E-state index >= 15 is 0 Å². The van der Waals surface area contributed by atoms with Crippen molar-refractivity contribution in [1.29, 1.82) is 5.26 Å². The van der Waals surface area contributed by atoms with Crippen LogP contribution in [0.25, 0.3) is 0 Å². The van der Waals surface area contributed by atoms with Gasteiger partial charge < -0.3 is 9.84 Å². The molecule has 1 rings (SSSR count). The molecule has 1 aromatic carbocycles. The van der Waals surface area contributed by atoms with Gasteiger partial charge in [-0.15, -0.1) is 0 Å². The van der Waals surface area contributed by atoms with Gasteiger partial charge in [0.15, 0.2) is 6.10 Å². The fraction of sp³-hybridized carbons (Fsp3) is 0.462. The van der Waals surface area contributed by atoms with Crippen molar-refractivity contribution in [1.82, 2.24) is 0 Å². The van der Waals surface area contributed by atoms with Crippen LogP contribution in [0, 0.1) is 25.2 Å². The van der Waals surface area contributed by atoms with Crippen LogP contribution in [0.1, 0.15) is 29.2 Å². The van der Waals surface area contributed by atoms with Gasteiger partial charge in [0, 0.05) is 6.61 Å². The highest BCUT2D eigenvalue weighted by Gasteiger charge is 2.13. The van der Waals surface area contributed by atoms with Crippen LogP contribution in [0.2, 0.25) is 0 Å². The molecule has 86 valence electrons. The standard InChI is InChI=1S/C13H17NO2/c1-10-4-5-11(2)12(8-10)13(9-14)16-7-3-6-15/h4-5,8,13,15H,3,6-7H2,1-2H3. The van der Waals surface area contributed by atoms with Crippen molar-refractivity contribution in [3.63, 3.8) is 0 Å². The lowest BCUT2D eigenvalue weighted by atomic mass is 10.0. The van der Waals surface area contributed by atoms with E-state index in [0.717, 1.165) is 16.7 Å². The van der Waals surface area contributed by atoms with Gasteiger partial charge in [-0.25, -0.2) is 0 Å². The monoisotopic (exact) mass is 219 g/mol. The lowest BCUT2D eigenvalue weighted by Gasteiger charge is -2.13. The first-order chi connectivity index (χ1) is 7.69. The van der Waals surface area contributed by atoms with Crippen molar-refractivity contribution in [2.24, 2.45) is 0 Å². The molecular formula is C13H17NO2. The highest BCUT2D eigenvalue weighted by Crippen LogP contribution is 2.22. The van der Waals surface area contributed by atoms with Crippen molar-refractivity contribution in [2.45, 2.75) is 26.4 Å². The molecule has 0 amide bonds. The molecule has 3 heteroatoms. The van der Waals surface area contributed by atoms with E-state index in [0.29, 0.717) is 13.0 Å². The van der Waals surface area contributed by atoms with E-state index < -0.39 is 6.10 Å². The maximum absolute atomic E-state index is 9.06. The summed E-state index contributed by atoms with van der Waals surface area (Å²) >= 11 is 0. The van der Waals surface area contributed by atoms with E-state index in [1.54, 1.807) is 0 Å². The Morgan fingerprint density at radius 2 is 2.19 bits per heavy atom. The smallest absolute Gasteiger partial charge is 0.169 e. The van der Waals surface area contributed by atoms with Gasteiger partial charge in [0.1, 0.15) is 0 Å². The van der Waals surface area contributed by atoms with Crippen molar-refractivity contribution < 1.29 is 9.84 Å². The molecule has 0 radical (unpaired) electrons. The predicted molar refractivity (Wildman–Crippen MR) is 61.9 cm³/mol. The number of aryl methyl sites for hydroxylation is 2. The molecule has 16 heavy (non-hydrogen) atoms. The summed E-state index contributed by atoms with van der Waals surface area (Å²) in [5, 5.41) is 17.7. The van der Waals surface area contributed by atoms with Gasteiger partial charge in [-0.3, -0.25) is 0 Å². The summed E-state index contributed by atoms with van der Waals surface area (Å²) in [6.45, 7) is 4.45. The van der Waals surface area contributed by atoms with Gasteiger partial charge in [-0.2, -0.15) is 5.26 Å². The van der Waals surface area contributed by atoms with Gasteiger partial charge in [0.05, 0.1) is 12.7 Å². The number of nitrogens with zero attached hydrogens (tertiary/aromatic N) is 1. The summed E-state index contributed by atoms with van der Waals surface area (Å²) in [6.07, 6.45) is 0.0229. The first-order valence-corrected chi connectivity index (χ1v) is 5.38. The van der Waals surface area contributed by atoms with Crippen LogP contribution in [0.3, 0.4) is 0 Å². The van der Waals surface area contributed by atoms with Gasteiger partial charge in [-0.05, 0) is 31.4 Å². The molecule has 0 saturated heterocycles. The van der Waals surface area contributed by atoms with Crippen LogP contribution >= 0.6 is 0 Å². The van der Waals surface area contributed by atoms with Crippen LogP contribution in [-0.4, -0.2) is 18.3 Å². The van der Waals surface area contributed by atoms with Crippen molar-refractivity contribution >= 4 is 0 Å². The van der Waals surface area contributed by atoms with Gasteiger partial charge >= 0.3 is 0 Å². The molecule has 0 bridgehead atoms. The molecule has 0 aliphatic carbocycles. The maximum Gasteiger partial charge on any atom is 0.169 e. The van der Waals surface area contributed by atoms with Crippen molar-refractivity contribution in [3.05, 3.63) is 34.9 Å². The fourth-order valence-corrected chi connectivity index (χ4v) is 1.50. The Labute approximate surface area is 96.3 Å². The first kappa shape index (κ1) is 12.7. The van der Waals surface area contributed by atoms with Gasteiger partial charge in [0.25, 0.3) is 0 Å². The summed E-state index contributed by atoms with van der Waals surface area (Å²) in [7, 11) is 0. The Morgan fingerprint density at radius 1 is 1.44 bits per heavy atom. The second-order valence-electron chi connectivity index (χ2n) is 3.82. The largest absolute Gasteiger partial charge is 0.396 e. The van der Waals surface area contributed by atoms with E-state index in [-0.39, 0.29) is 6.61 Å². The number of aliphatic hydroxyl groups is 1. The molecule has 0 spiro atoms. The Morgan fingerprint density at radius 3 is 2.81 bits per heavy atom. The Balaban J connectivity index is 2.79. The minimum Gasteiger partial charge on any atom is -0.396 e. The maximum atomic E-state index is 9.06. The number of benzene rings is 1. The molecule has 1 unspecified atom stereocenters. The molecule has 0 aromatic heterocycles. The van der Waals surface area contributed by atoms with Crippen LogP contribution < -0.4 is 0 Å². The Kier molecular flexibility index (Phi) is 4.97. The Hall–Kier alpha value is -1.37. The zero-order valence-corrected chi connectivity index (χ0v) is 9.73. The molecule has 1 aromatic rings. The third kappa shape index (κ3) is 3.34. The molecule has 0 aliphatic heterocycles. The molecule has 0 aliphatic rings. The van der Waals surface area contributed by atoms with E-state index in [2.05, 4.69) is 6.07 Å². The van der Waals surface area contributed by atoms with Crippen LogP contribution in [-0.2, 0) is 4.74 Å². The zero-order chi connectivity index (χ0) is 12.0. The van der Waals surface area contributed by atoms with E-state index in [1.165, 1.54) is 0 Å². The van der Waals surface area contributed by atoms with Crippen molar-refractivity contribution in [3.8, 4) is 6.07 Å².